The number of carbonyl (C=O) groups is 2. The molecule has 2 amide bonds. The van der Waals surface area contributed by atoms with Crippen molar-refractivity contribution in [3.05, 3.63) is 24.3 Å². The number of ether oxygens (including phenoxy) is 1. The molecule has 0 saturated carbocycles. The third-order valence-electron chi connectivity index (χ3n) is 6.57. The standard InChI is InChI=1S/C23H33N3O3/c1-2-29-21-8-4-3-7-20(21)26-17-19(15-22(26)27)23(28)25-13-9-18(10-14-25)16-24-11-5-6-12-24/h3-4,7-8,18-19H,2,5-6,9-17H2,1H3. The molecule has 3 aliphatic rings. The van der Waals surface area contributed by atoms with Crippen LogP contribution in [0.25, 0.3) is 0 Å². The molecule has 0 bridgehead atoms. The van der Waals surface area contributed by atoms with E-state index in [-0.39, 0.29) is 17.7 Å². The first-order valence-corrected chi connectivity index (χ1v) is 11.2. The van der Waals surface area contributed by atoms with Gasteiger partial charge in [0.15, 0.2) is 0 Å². The summed E-state index contributed by atoms with van der Waals surface area (Å²) in [4.78, 5) is 32.1. The van der Waals surface area contributed by atoms with Crippen molar-refractivity contribution < 1.29 is 14.3 Å². The molecule has 3 saturated heterocycles. The van der Waals surface area contributed by atoms with E-state index < -0.39 is 0 Å². The molecular formula is C23H33N3O3. The molecule has 1 atom stereocenters. The van der Waals surface area contributed by atoms with Crippen molar-refractivity contribution in [2.45, 2.75) is 39.0 Å². The molecule has 29 heavy (non-hydrogen) atoms. The predicted octanol–water partition coefficient (Wildman–Crippen LogP) is 2.77. The Morgan fingerprint density at radius 2 is 1.83 bits per heavy atom. The fourth-order valence-corrected chi connectivity index (χ4v) is 4.99. The molecule has 0 aromatic heterocycles. The van der Waals surface area contributed by atoms with E-state index in [1.165, 1.54) is 32.5 Å². The lowest BCUT2D eigenvalue weighted by Crippen LogP contribution is -2.44. The van der Waals surface area contributed by atoms with Crippen molar-refractivity contribution in [1.29, 1.82) is 0 Å². The van der Waals surface area contributed by atoms with Gasteiger partial charge < -0.3 is 19.4 Å². The van der Waals surface area contributed by atoms with E-state index in [0.717, 1.165) is 31.6 Å². The Kier molecular flexibility index (Phi) is 6.38. The second-order valence-electron chi connectivity index (χ2n) is 8.58. The van der Waals surface area contributed by atoms with Crippen LogP contribution in [0.4, 0.5) is 5.69 Å². The molecule has 6 heteroatoms. The van der Waals surface area contributed by atoms with Gasteiger partial charge in [-0.3, -0.25) is 9.59 Å². The Morgan fingerprint density at radius 3 is 2.55 bits per heavy atom. The van der Waals surface area contributed by atoms with E-state index in [0.29, 0.717) is 31.2 Å². The van der Waals surface area contributed by atoms with Crippen molar-refractivity contribution in [1.82, 2.24) is 9.80 Å². The summed E-state index contributed by atoms with van der Waals surface area (Å²) in [6.45, 7) is 8.26. The maximum atomic E-state index is 13.1. The number of nitrogens with zero attached hydrogens (tertiary/aromatic N) is 3. The Labute approximate surface area is 173 Å². The zero-order valence-electron chi connectivity index (χ0n) is 17.5. The van der Waals surface area contributed by atoms with Crippen molar-refractivity contribution in [3.8, 4) is 5.75 Å². The second kappa shape index (κ2) is 9.16. The van der Waals surface area contributed by atoms with Gasteiger partial charge in [-0.15, -0.1) is 0 Å². The summed E-state index contributed by atoms with van der Waals surface area (Å²) in [5.41, 5.74) is 0.777. The lowest BCUT2D eigenvalue weighted by molar-refractivity contribution is -0.137. The first-order valence-electron chi connectivity index (χ1n) is 11.2. The van der Waals surface area contributed by atoms with Gasteiger partial charge in [0.1, 0.15) is 5.75 Å². The van der Waals surface area contributed by atoms with Crippen LogP contribution in [0, 0.1) is 11.8 Å². The molecule has 6 nitrogen and oxygen atoms in total. The Hall–Kier alpha value is -2.08. The highest BCUT2D eigenvalue weighted by Crippen LogP contribution is 2.34. The zero-order valence-corrected chi connectivity index (χ0v) is 17.5. The summed E-state index contributed by atoms with van der Waals surface area (Å²) in [6.07, 6.45) is 5.12. The van der Waals surface area contributed by atoms with Crippen molar-refractivity contribution in [3.63, 3.8) is 0 Å². The van der Waals surface area contributed by atoms with Crippen LogP contribution < -0.4 is 9.64 Å². The molecule has 3 aliphatic heterocycles. The molecule has 3 heterocycles. The molecule has 1 unspecified atom stereocenters. The Morgan fingerprint density at radius 1 is 1.10 bits per heavy atom. The topological polar surface area (TPSA) is 53.1 Å². The molecule has 0 spiro atoms. The fourth-order valence-electron chi connectivity index (χ4n) is 4.99. The van der Waals surface area contributed by atoms with Crippen LogP contribution in [0.3, 0.4) is 0 Å². The average molecular weight is 400 g/mol. The van der Waals surface area contributed by atoms with Crippen LogP contribution in [0.15, 0.2) is 24.3 Å². The van der Waals surface area contributed by atoms with Gasteiger partial charge in [-0.05, 0) is 63.7 Å². The van der Waals surface area contributed by atoms with Crippen LogP contribution in [-0.2, 0) is 9.59 Å². The van der Waals surface area contributed by atoms with Gasteiger partial charge in [-0.2, -0.15) is 0 Å². The van der Waals surface area contributed by atoms with Gasteiger partial charge in [0, 0.05) is 32.6 Å². The van der Waals surface area contributed by atoms with Gasteiger partial charge in [0.25, 0.3) is 0 Å². The summed E-state index contributed by atoms with van der Waals surface area (Å²) in [6, 6.07) is 7.60. The minimum atomic E-state index is -0.243. The van der Waals surface area contributed by atoms with E-state index >= 15 is 0 Å². The largest absolute Gasteiger partial charge is 0.492 e. The summed E-state index contributed by atoms with van der Waals surface area (Å²) in [5.74, 6) is 1.33. The second-order valence-corrected chi connectivity index (χ2v) is 8.58. The third kappa shape index (κ3) is 4.58. The van der Waals surface area contributed by atoms with Crippen LogP contribution in [0.2, 0.25) is 0 Å². The number of anilines is 1. The van der Waals surface area contributed by atoms with E-state index in [1.807, 2.05) is 36.1 Å². The molecule has 4 rings (SSSR count). The van der Waals surface area contributed by atoms with E-state index in [1.54, 1.807) is 4.90 Å². The maximum Gasteiger partial charge on any atom is 0.228 e. The highest BCUT2D eigenvalue weighted by atomic mass is 16.5. The lowest BCUT2D eigenvalue weighted by Gasteiger charge is -2.35. The Bertz CT molecular complexity index is 724. The molecule has 158 valence electrons. The number of likely N-dealkylation sites (tertiary alicyclic amines) is 2. The fraction of sp³-hybridized carbons (Fsp3) is 0.652. The predicted molar refractivity (Wildman–Crippen MR) is 113 cm³/mol. The number of piperidine rings is 1. The number of carbonyl (C=O) groups excluding carboxylic acids is 2. The highest BCUT2D eigenvalue weighted by molar-refractivity contribution is 6.01. The quantitative estimate of drug-likeness (QED) is 0.738. The van der Waals surface area contributed by atoms with Gasteiger partial charge in [-0.1, -0.05) is 12.1 Å². The van der Waals surface area contributed by atoms with Crippen LogP contribution in [0.1, 0.15) is 39.0 Å². The number of rotatable bonds is 6. The van der Waals surface area contributed by atoms with Crippen LogP contribution in [-0.4, -0.2) is 67.5 Å². The maximum absolute atomic E-state index is 13.1. The number of amides is 2. The van der Waals surface area contributed by atoms with E-state index in [4.69, 9.17) is 4.74 Å². The zero-order chi connectivity index (χ0) is 20.2. The first kappa shape index (κ1) is 20.2. The summed E-state index contributed by atoms with van der Waals surface area (Å²) >= 11 is 0. The van der Waals surface area contributed by atoms with E-state index in [9.17, 15) is 9.59 Å². The van der Waals surface area contributed by atoms with Gasteiger partial charge in [0.05, 0.1) is 18.2 Å². The van der Waals surface area contributed by atoms with Gasteiger partial charge in [0.2, 0.25) is 11.8 Å². The molecule has 0 N–H and O–H groups in total. The third-order valence-corrected chi connectivity index (χ3v) is 6.57. The van der Waals surface area contributed by atoms with E-state index in [2.05, 4.69) is 4.90 Å². The molecular weight excluding hydrogens is 366 g/mol. The van der Waals surface area contributed by atoms with Crippen LogP contribution in [0.5, 0.6) is 5.75 Å². The van der Waals surface area contributed by atoms with Crippen molar-refractivity contribution in [2.75, 3.05) is 50.8 Å². The Balaban J connectivity index is 1.33. The molecule has 0 aliphatic carbocycles. The molecule has 0 radical (unpaired) electrons. The van der Waals surface area contributed by atoms with Gasteiger partial charge >= 0.3 is 0 Å². The molecule has 3 fully saturated rings. The molecule has 1 aromatic carbocycles. The SMILES string of the molecule is CCOc1ccccc1N1CC(C(=O)N2CCC(CN3CCCC3)CC2)CC1=O. The number of para-hydroxylation sites is 2. The number of hydrogen-bond donors (Lipinski definition) is 0. The minimum absolute atomic E-state index is 0.0134. The summed E-state index contributed by atoms with van der Waals surface area (Å²) in [5, 5.41) is 0. The van der Waals surface area contributed by atoms with Crippen molar-refractivity contribution >= 4 is 17.5 Å². The summed E-state index contributed by atoms with van der Waals surface area (Å²) in [7, 11) is 0. The average Bonchev–Trinajstić information content (AvgIpc) is 3.38. The monoisotopic (exact) mass is 399 g/mol. The van der Waals surface area contributed by atoms with Crippen LogP contribution >= 0.6 is 0 Å². The lowest BCUT2D eigenvalue weighted by atomic mass is 9.95. The normalized spacial score (nSPS) is 23.8. The number of benzene rings is 1. The first-order chi connectivity index (χ1) is 14.2. The van der Waals surface area contributed by atoms with Gasteiger partial charge in [-0.25, -0.2) is 0 Å². The minimum Gasteiger partial charge on any atom is -0.492 e. The number of hydrogen-bond acceptors (Lipinski definition) is 4. The smallest absolute Gasteiger partial charge is 0.228 e. The summed E-state index contributed by atoms with van der Waals surface area (Å²) < 4.78 is 5.68. The highest BCUT2D eigenvalue weighted by Gasteiger charge is 2.39. The van der Waals surface area contributed by atoms with Crippen molar-refractivity contribution in [2.24, 2.45) is 11.8 Å². The molecule has 1 aromatic rings.